The van der Waals surface area contributed by atoms with Crippen molar-refractivity contribution >= 4 is 11.5 Å². The average molecular weight is 491 g/mol. The number of benzene rings is 3. The lowest BCUT2D eigenvalue weighted by atomic mass is 9.92. The molecule has 4 rings (SSSR count). The number of rotatable bonds is 11. The van der Waals surface area contributed by atoms with Gasteiger partial charge in [0.05, 0.1) is 6.61 Å². The fourth-order valence-electron chi connectivity index (χ4n) is 4.38. The lowest BCUT2D eigenvalue weighted by Crippen LogP contribution is -2.35. The van der Waals surface area contributed by atoms with Crippen molar-refractivity contribution in [1.82, 2.24) is 10.6 Å². The Labute approximate surface area is 211 Å². The standard InChI is InChI=1S/C30H32F2N2O2/c31-25-14-15-28(32)29(20-25)36-19-5-9-23-10-12-24(13-11-23)26-16-18-33-21-27(26)30(35)34-17-4-8-22-6-2-1-3-7-22/h1-3,6-7,10-15,20,33H,4-5,8-9,16-19,21H2,(H,34,35). The summed E-state index contributed by atoms with van der Waals surface area (Å²) in [6, 6.07) is 21.7. The maximum absolute atomic E-state index is 13.7. The Balaban J connectivity index is 1.29. The van der Waals surface area contributed by atoms with E-state index in [9.17, 15) is 13.6 Å². The van der Waals surface area contributed by atoms with Crippen LogP contribution in [-0.4, -0.2) is 32.1 Å². The van der Waals surface area contributed by atoms with Crippen molar-refractivity contribution in [1.29, 1.82) is 0 Å². The summed E-state index contributed by atoms with van der Waals surface area (Å²) in [6.45, 7) is 2.35. The normalized spacial score (nSPS) is 13.5. The van der Waals surface area contributed by atoms with Gasteiger partial charge in [0, 0.05) is 24.7 Å². The fraction of sp³-hybridized carbons (Fsp3) is 0.300. The third-order valence-corrected chi connectivity index (χ3v) is 6.33. The molecule has 3 aromatic carbocycles. The molecular weight excluding hydrogens is 458 g/mol. The maximum Gasteiger partial charge on any atom is 0.248 e. The summed E-state index contributed by atoms with van der Waals surface area (Å²) in [5.74, 6) is -1.15. The first-order valence-electron chi connectivity index (χ1n) is 12.5. The van der Waals surface area contributed by atoms with Crippen LogP contribution in [0, 0.1) is 11.6 Å². The first-order valence-corrected chi connectivity index (χ1v) is 12.5. The molecule has 3 aromatic rings. The Morgan fingerprint density at radius 3 is 2.47 bits per heavy atom. The molecule has 0 radical (unpaired) electrons. The molecule has 4 nitrogen and oxygen atoms in total. The van der Waals surface area contributed by atoms with E-state index in [4.69, 9.17) is 4.74 Å². The van der Waals surface area contributed by atoms with Gasteiger partial charge in [-0.3, -0.25) is 4.79 Å². The number of carbonyl (C=O) groups is 1. The summed E-state index contributed by atoms with van der Waals surface area (Å²) in [4.78, 5) is 12.9. The molecule has 36 heavy (non-hydrogen) atoms. The van der Waals surface area contributed by atoms with E-state index in [1.54, 1.807) is 0 Å². The molecule has 0 atom stereocenters. The molecule has 0 aromatic heterocycles. The monoisotopic (exact) mass is 490 g/mol. The van der Waals surface area contributed by atoms with E-state index >= 15 is 0 Å². The predicted molar refractivity (Wildman–Crippen MR) is 139 cm³/mol. The van der Waals surface area contributed by atoms with Crippen LogP contribution < -0.4 is 15.4 Å². The fourth-order valence-corrected chi connectivity index (χ4v) is 4.38. The summed E-state index contributed by atoms with van der Waals surface area (Å²) >= 11 is 0. The number of hydrogen-bond donors (Lipinski definition) is 2. The van der Waals surface area contributed by atoms with Crippen molar-refractivity contribution in [3.05, 3.63) is 107 Å². The van der Waals surface area contributed by atoms with Crippen LogP contribution in [-0.2, 0) is 17.6 Å². The Hall–Kier alpha value is -3.51. The third-order valence-electron chi connectivity index (χ3n) is 6.33. The van der Waals surface area contributed by atoms with Crippen molar-refractivity contribution in [2.24, 2.45) is 0 Å². The quantitative estimate of drug-likeness (QED) is 0.351. The highest BCUT2D eigenvalue weighted by Gasteiger charge is 2.19. The highest BCUT2D eigenvalue weighted by Crippen LogP contribution is 2.25. The zero-order valence-corrected chi connectivity index (χ0v) is 20.4. The molecule has 0 aliphatic carbocycles. The van der Waals surface area contributed by atoms with Gasteiger partial charge in [-0.15, -0.1) is 0 Å². The van der Waals surface area contributed by atoms with Gasteiger partial charge in [-0.05, 0) is 73.0 Å². The smallest absolute Gasteiger partial charge is 0.248 e. The molecule has 1 aliphatic heterocycles. The van der Waals surface area contributed by atoms with Crippen molar-refractivity contribution in [2.45, 2.75) is 32.1 Å². The Bertz CT molecular complexity index is 1180. The molecule has 0 unspecified atom stereocenters. The van der Waals surface area contributed by atoms with Gasteiger partial charge in [0.2, 0.25) is 5.91 Å². The highest BCUT2D eigenvalue weighted by atomic mass is 19.1. The maximum atomic E-state index is 13.7. The topological polar surface area (TPSA) is 50.4 Å². The van der Waals surface area contributed by atoms with Gasteiger partial charge in [0.15, 0.2) is 11.6 Å². The summed E-state index contributed by atoms with van der Waals surface area (Å²) in [5, 5.41) is 6.40. The van der Waals surface area contributed by atoms with Crippen LogP contribution in [0.25, 0.3) is 5.57 Å². The number of halogens is 2. The summed E-state index contributed by atoms with van der Waals surface area (Å²) in [5.41, 5.74) is 5.36. The minimum Gasteiger partial charge on any atom is -0.490 e. The van der Waals surface area contributed by atoms with E-state index in [-0.39, 0.29) is 11.7 Å². The third kappa shape index (κ3) is 7.25. The molecule has 1 aliphatic rings. The van der Waals surface area contributed by atoms with E-state index in [2.05, 4.69) is 47.0 Å². The summed E-state index contributed by atoms with van der Waals surface area (Å²) < 4.78 is 32.3. The van der Waals surface area contributed by atoms with E-state index in [1.165, 1.54) is 5.56 Å². The van der Waals surface area contributed by atoms with Gasteiger partial charge in [-0.2, -0.15) is 0 Å². The van der Waals surface area contributed by atoms with Crippen LogP contribution >= 0.6 is 0 Å². The second-order valence-corrected chi connectivity index (χ2v) is 8.95. The molecule has 0 spiro atoms. The molecule has 0 saturated heterocycles. The van der Waals surface area contributed by atoms with Crippen LogP contribution in [0.2, 0.25) is 0 Å². The SMILES string of the molecule is O=C(NCCCc1ccccc1)C1=C(c2ccc(CCCOc3cc(F)ccc3F)cc2)CCNC1. The summed E-state index contributed by atoms with van der Waals surface area (Å²) in [6.07, 6.45) is 4.08. The Kier molecular flexibility index (Phi) is 9.22. The zero-order chi connectivity index (χ0) is 25.2. The number of ether oxygens (including phenoxy) is 1. The lowest BCUT2D eigenvalue weighted by Gasteiger charge is -2.21. The van der Waals surface area contributed by atoms with E-state index < -0.39 is 11.6 Å². The van der Waals surface area contributed by atoms with Crippen LogP contribution in [0.1, 0.15) is 36.0 Å². The van der Waals surface area contributed by atoms with Gasteiger partial charge in [-0.25, -0.2) is 8.78 Å². The van der Waals surface area contributed by atoms with Crippen LogP contribution in [0.15, 0.2) is 78.4 Å². The zero-order valence-electron chi connectivity index (χ0n) is 20.4. The number of carbonyl (C=O) groups excluding carboxylic acids is 1. The summed E-state index contributed by atoms with van der Waals surface area (Å²) in [7, 11) is 0. The van der Waals surface area contributed by atoms with Gasteiger partial charge >= 0.3 is 0 Å². The minimum absolute atomic E-state index is 0.00364. The molecule has 0 saturated carbocycles. The van der Waals surface area contributed by atoms with E-state index in [1.807, 2.05) is 18.2 Å². The second-order valence-electron chi connectivity index (χ2n) is 8.95. The van der Waals surface area contributed by atoms with Crippen molar-refractivity contribution in [3.63, 3.8) is 0 Å². The molecule has 6 heteroatoms. The number of amides is 1. The molecule has 1 amide bonds. The van der Waals surface area contributed by atoms with Gasteiger partial charge < -0.3 is 15.4 Å². The first-order chi connectivity index (χ1) is 17.6. The van der Waals surface area contributed by atoms with Gasteiger partial charge in [0.1, 0.15) is 5.82 Å². The lowest BCUT2D eigenvalue weighted by molar-refractivity contribution is -0.117. The Morgan fingerprint density at radius 2 is 1.67 bits per heavy atom. The van der Waals surface area contributed by atoms with Crippen LogP contribution in [0.4, 0.5) is 8.78 Å². The van der Waals surface area contributed by atoms with Crippen molar-refractivity contribution in [2.75, 3.05) is 26.2 Å². The number of aryl methyl sites for hydroxylation is 2. The van der Waals surface area contributed by atoms with Gasteiger partial charge in [-0.1, -0.05) is 54.6 Å². The Morgan fingerprint density at radius 1 is 0.917 bits per heavy atom. The van der Waals surface area contributed by atoms with Crippen molar-refractivity contribution < 1.29 is 18.3 Å². The molecule has 2 N–H and O–H groups in total. The molecule has 188 valence electrons. The average Bonchev–Trinajstić information content (AvgIpc) is 2.92. The molecule has 0 fully saturated rings. The van der Waals surface area contributed by atoms with Crippen LogP contribution in [0.3, 0.4) is 0 Å². The molecule has 0 bridgehead atoms. The molecular formula is C30H32F2N2O2. The largest absolute Gasteiger partial charge is 0.490 e. The second kappa shape index (κ2) is 13.0. The number of hydrogen-bond acceptors (Lipinski definition) is 3. The number of nitrogens with one attached hydrogen (secondary N) is 2. The van der Waals surface area contributed by atoms with Crippen LogP contribution in [0.5, 0.6) is 5.75 Å². The molecule has 1 heterocycles. The highest BCUT2D eigenvalue weighted by molar-refractivity contribution is 6.02. The van der Waals surface area contributed by atoms with Gasteiger partial charge in [0.25, 0.3) is 0 Å². The first kappa shape index (κ1) is 25.6. The van der Waals surface area contributed by atoms with Crippen molar-refractivity contribution in [3.8, 4) is 5.75 Å². The van der Waals surface area contributed by atoms with E-state index in [0.29, 0.717) is 26.1 Å². The minimum atomic E-state index is -0.563. The van der Waals surface area contributed by atoms with E-state index in [0.717, 1.165) is 72.7 Å². The predicted octanol–water partition coefficient (Wildman–Crippen LogP) is 5.47.